The number of pyridine rings is 2. The lowest BCUT2D eigenvalue weighted by molar-refractivity contribution is 0.823. The molecule has 0 aliphatic carbocycles. The van der Waals surface area contributed by atoms with E-state index in [1.807, 2.05) is 64.4 Å². The van der Waals surface area contributed by atoms with E-state index in [0.29, 0.717) is 11.8 Å². The highest BCUT2D eigenvalue weighted by molar-refractivity contribution is 5.12. The first kappa shape index (κ1) is 26.2. The fraction of sp³-hybridized carbons (Fsp3) is 0.524. The van der Waals surface area contributed by atoms with Crippen LogP contribution in [0, 0.1) is 0 Å². The summed E-state index contributed by atoms with van der Waals surface area (Å²) in [5.41, 5.74) is 2.47. The third-order valence-electron chi connectivity index (χ3n) is 2.63. The lowest BCUT2D eigenvalue weighted by atomic mass is 10.1. The Kier molecular flexibility index (Phi) is 20.9. The first-order valence-electron chi connectivity index (χ1n) is 8.42. The molecule has 0 N–H and O–H groups in total. The normalized spacial score (nSPS) is 8.43. The zero-order valence-corrected chi connectivity index (χ0v) is 15.7. The van der Waals surface area contributed by atoms with Gasteiger partial charge in [-0.25, -0.2) is 0 Å². The third kappa shape index (κ3) is 13.7. The fourth-order valence-electron chi connectivity index (χ4n) is 1.43. The molecular formula is C21H38N2. The largest absolute Gasteiger partial charge is 0.264 e. The summed E-state index contributed by atoms with van der Waals surface area (Å²) < 4.78 is 0. The average molecular weight is 319 g/mol. The standard InChI is InChI=1S/2C8H11N.2C2H6.CH4/c1-7(2)8-4-3-5-9-6-8;1-7(2)8-5-3-4-6-9-8;2*1-2;/h2*3-7H,1-2H3;2*1-2H3;1H4. The van der Waals surface area contributed by atoms with E-state index >= 15 is 0 Å². The SMILES string of the molecule is C.CC.CC.CC(C)c1ccccn1.CC(C)c1cccnc1. The molecule has 0 saturated carbocycles. The summed E-state index contributed by atoms with van der Waals surface area (Å²) in [5.74, 6) is 1.14. The highest BCUT2D eigenvalue weighted by Crippen LogP contribution is 2.10. The Bertz CT molecular complexity index is 379. The maximum Gasteiger partial charge on any atom is 0.0428 e. The van der Waals surface area contributed by atoms with E-state index in [0.717, 1.165) is 5.69 Å². The van der Waals surface area contributed by atoms with Crippen molar-refractivity contribution in [2.24, 2.45) is 0 Å². The van der Waals surface area contributed by atoms with E-state index in [1.54, 1.807) is 6.20 Å². The molecule has 2 aromatic heterocycles. The lowest BCUT2D eigenvalue weighted by Gasteiger charge is -2.00. The topological polar surface area (TPSA) is 25.8 Å². The van der Waals surface area contributed by atoms with Crippen LogP contribution in [0.3, 0.4) is 0 Å². The van der Waals surface area contributed by atoms with Gasteiger partial charge in [0.2, 0.25) is 0 Å². The Balaban J connectivity index is -0.000000276. The number of rotatable bonds is 2. The van der Waals surface area contributed by atoms with Gasteiger partial charge < -0.3 is 0 Å². The first-order valence-corrected chi connectivity index (χ1v) is 8.42. The lowest BCUT2D eigenvalue weighted by Crippen LogP contribution is -1.88. The molecule has 132 valence electrons. The summed E-state index contributed by atoms with van der Waals surface area (Å²) >= 11 is 0. The van der Waals surface area contributed by atoms with Gasteiger partial charge in [-0.3, -0.25) is 9.97 Å². The van der Waals surface area contributed by atoms with E-state index in [2.05, 4.69) is 43.7 Å². The van der Waals surface area contributed by atoms with E-state index in [-0.39, 0.29) is 7.43 Å². The molecule has 2 heterocycles. The second-order valence-corrected chi connectivity index (χ2v) is 4.85. The molecule has 0 amide bonds. The zero-order chi connectivity index (χ0) is 17.4. The van der Waals surface area contributed by atoms with Gasteiger partial charge in [-0.2, -0.15) is 0 Å². The highest BCUT2D eigenvalue weighted by Gasteiger charge is 1.95. The third-order valence-corrected chi connectivity index (χ3v) is 2.63. The van der Waals surface area contributed by atoms with E-state index in [9.17, 15) is 0 Å². The monoisotopic (exact) mass is 318 g/mol. The van der Waals surface area contributed by atoms with Crippen LogP contribution in [-0.4, -0.2) is 9.97 Å². The van der Waals surface area contributed by atoms with Crippen LogP contribution in [0.2, 0.25) is 0 Å². The maximum absolute atomic E-state index is 4.18. The minimum Gasteiger partial charge on any atom is -0.264 e. The van der Waals surface area contributed by atoms with Crippen molar-refractivity contribution in [1.82, 2.24) is 9.97 Å². The predicted octanol–water partition coefficient (Wildman–Crippen LogP) is 7.10. The molecule has 0 aliphatic rings. The van der Waals surface area contributed by atoms with Gasteiger partial charge in [0.15, 0.2) is 0 Å². The number of hydrogen-bond acceptors (Lipinski definition) is 2. The summed E-state index contributed by atoms with van der Waals surface area (Å²) in [4.78, 5) is 8.18. The van der Waals surface area contributed by atoms with Crippen molar-refractivity contribution in [2.45, 2.75) is 74.7 Å². The molecule has 0 fully saturated rings. The van der Waals surface area contributed by atoms with E-state index < -0.39 is 0 Å². The smallest absolute Gasteiger partial charge is 0.0428 e. The molecule has 0 unspecified atom stereocenters. The van der Waals surface area contributed by atoms with Crippen molar-refractivity contribution < 1.29 is 0 Å². The Morgan fingerprint density at radius 1 is 0.739 bits per heavy atom. The van der Waals surface area contributed by atoms with Gasteiger partial charge in [-0.05, 0) is 35.6 Å². The second kappa shape index (κ2) is 18.3. The minimum absolute atomic E-state index is 0. The van der Waals surface area contributed by atoms with Crippen molar-refractivity contribution in [1.29, 1.82) is 0 Å². The Labute approximate surface area is 145 Å². The molecule has 0 aromatic carbocycles. The Hall–Kier alpha value is -1.70. The molecule has 0 radical (unpaired) electrons. The van der Waals surface area contributed by atoms with Crippen LogP contribution < -0.4 is 0 Å². The molecule has 2 aromatic rings. The molecule has 0 saturated heterocycles. The maximum atomic E-state index is 4.18. The van der Waals surface area contributed by atoms with Crippen molar-refractivity contribution >= 4 is 0 Å². The van der Waals surface area contributed by atoms with Gasteiger partial charge in [0.1, 0.15) is 0 Å². The van der Waals surface area contributed by atoms with Gasteiger partial charge in [0.25, 0.3) is 0 Å². The molecule has 2 rings (SSSR count). The van der Waals surface area contributed by atoms with Crippen LogP contribution in [0.15, 0.2) is 48.9 Å². The van der Waals surface area contributed by atoms with Crippen LogP contribution in [0.4, 0.5) is 0 Å². The van der Waals surface area contributed by atoms with E-state index in [1.165, 1.54) is 5.56 Å². The Morgan fingerprint density at radius 3 is 1.61 bits per heavy atom. The summed E-state index contributed by atoms with van der Waals surface area (Å²) in [6.45, 7) is 16.6. The minimum atomic E-state index is 0. The van der Waals surface area contributed by atoms with Crippen LogP contribution >= 0.6 is 0 Å². The van der Waals surface area contributed by atoms with Crippen LogP contribution in [-0.2, 0) is 0 Å². The number of hydrogen-bond donors (Lipinski definition) is 0. The van der Waals surface area contributed by atoms with Gasteiger partial charge >= 0.3 is 0 Å². The zero-order valence-electron chi connectivity index (χ0n) is 15.7. The van der Waals surface area contributed by atoms with Crippen molar-refractivity contribution in [2.75, 3.05) is 0 Å². The molecule has 0 bridgehead atoms. The van der Waals surface area contributed by atoms with Gasteiger partial charge in [-0.1, -0.05) is 74.9 Å². The second-order valence-electron chi connectivity index (χ2n) is 4.85. The molecule has 2 nitrogen and oxygen atoms in total. The van der Waals surface area contributed by atoms with Crippen LogP contribution in [0.1, 0.15) is 85.9 Å². The quantitative estimate of drug-likeness (QED) is 0.590. The average Bonchev–Trinajstić information content (AvgIpc) is 2.60. The predicted molar refractivity (Wildman–Crippen MR) is 106 cm³/mol. The van der Waals surface area contributed by atoms with Gasteiger partial charge in [0, 0.05) is 24.3 Å². The van der Waals surface area contributed by atoms with Crippen molar-refractivity contribution in [3.8, 4) is 0 Å². The molecule has 2 heteroatoms. The Morgan fingerprint density at radius 2 is 1.35 bits per heavy atom. The highest BCUT2D eigenvalue weighted by atomic mass is 14.7. The van der Waals surface area contributed by atoms with Gasteiger partial charge in [-0.15, -0.1) is 0 Å². The summed E-state index contributed by atoms with van der Waals surface area (Å²) in [6, 6.07) is 10.1. The number of aromatic nitrogens is 2. The summed E-state index contributed by atoms with van der Waals surface area (Å²) in [6.07, 6.45) is 5.53. The van der Waals surface area contributed by atoms with Crippen LogP contribution in [0.5, 0.6) is 0 Å². The van der Waals surface area contributed by atoms with E-state index in [4.69, 9.17) is 0 Å². The van der Waals surface area contributed by atoms with Crippen molar-refractivity contribution in [3.63, 3.8) is 0 Å². The number of nitrogens with zero attached hydrogens (tertiary/aromatic N) is 2. The van der Waals surface area contributed by atoms with Gasteiger partial charge in [0.05, 0.1) is 0 Å². The first-order chi connectivity index (χ1) is 10.6. The molecule has 0 spiro atoms. The molecule has 23 heavy (non-hydrogen) atoms. The summed E-state index contributed by atoms with van der Waals surface area (Å²) in [7, 11) is 0. The van der Waals surface area contributed by atoms with Crippen LogP contribution in [0.25, 0.3) is 0 Å². The summed E-state index contributed by atoms with van der Waals surface area (Å²) in [5, 5.41) is 0. The molecule has 0 atom stereocenters. The molecular weight excluding hydrogens is 280 g/mol. The molecule has 0 aliphatic heterocycles. The van der Waals surface area contributed by atoms with Crippen molar-refractivity contribution in [3.05, 3.63) is 60.2 Å². The fourth-order valence-corrected chi connectivity index (χ4v) is 1.43.